The van der Waals surface area contributed by atoms with Crippen molar-refractivity contribution in [3.8, 4) is 11.5 Å². The van der Waals surface area contributed by atoms with Gasteiger partial charge in [0, 0.05) is 12.8 Å². The number of nitrogens with two attached hydrogens (primary N) is 2. The highest BCUT2D eigenvalue weighted by molar-refractivity contribution is 5.71. The third-order valence-electron chi connectivity index (χ3n) is 13.0. The lowest BCUT2D eigenvalue weighted by molar-refractivity contribution is -0.933. The largest absolute Gasteiger partial charge is 0.542 e. The molecule has 16 heteroatoms. The summed E-state index contributed by atoms with van der Waals surface area (Å²) in [6, 6.07) is 39.6. The molecule has 10 nitrogen and oxygen atoms in total. The molecule has 0 aromatic heterocycles. The molecule has 0 radical (unpaired) electrons. The van der Waals surface area contributed by atoms with Crippen LogP contribution in [-0.2, 0) is 35.3 Å². The molecule has 2 aliphatic rings. The summed E-state index contributed by atoms with van der Waals surface area (Å²) in [6.07, 6.45) is 6.85. The number of benzene rings is 4. The Morgan fingerprint density at radius 1 is 0.500 bits per heavy atom. The molecule has 70 heavy (non-hydrogen) atoms. The number of piperidine rings is 2. The standard InChI is InChI=1S/2C25H37N2O.2C2HF3O2/c2*1-28-25-16-14-23(15-17-25)12-7-19-27(20-8-13-24(26)21-27)18-6-5-11-22-9-3-2-4-10-22;2*3-2(4,5)1(6)7/h2*2-4,9-10,14-17,24H,5-8,11-13,18-21,26H2,1H3;2*(H,6,7)/q2*+1;;/p-2. The van der Waals surface area contributed by atoms with Gasteiger partial charge in [-0.05, 0) is 124 Å². The van der Waals surface area contributed by atoms with E-state index >= 15 is 0 Å². The topological polar surface area (TPSA) is 151 Å². The Labute approximate surface area is 410 Å². The number of hydrogen-bond donors (Lipinski definition) is 2. The second kappa shape index (κ2) is 30.5. The van der Waals surface area contributed by atoms with Crippen LogP contribution < -0.4 is 31.2 Å². The van der Waals surface area contributed by atoms with Gasteiger partial charge in [0.25, 0.3) is 0 Å². The Balaban J connectivity index is 0.000000291. The summed E-state index contributed by atoms with van der Waals surface area (Å²) in [7, 11) is 3.45. The number of carbonyl (C=O) groups excluding carboxylic acids is 2. The van der Waals surface area contributed by atoms with E-state index in [9.17, 15) is 26.3 Å². The maximum absolute atomic E-state index is 10.5. The summed E-state index contributed by atoms with van der Waals surface area (Å²) >= 11 is 0. The van der Waals surface area contributed by atoms with Crippen LogP contribution in [-0.4, -0.2) is 112 Å². The summed E-state index contributed by atoms with van der Waals surface area (Å²) in [5.41, 5.74) is 18.5. The predicted molar refractivity (Wildman–Crippen MR) is 257 cm³/mol. The van der Waals surface area contributed by atoms with Crippen molar-refractivity contribution in [3.63, 3.8) is 0 Å². The van der Waals surface area contributed by atoms with Crippen LogP contribution in [0.15, 0.2) is 109 Å². The monoisotopic (exact) mass is 989 g/mol. The van der Waals surface area contributed by atoms with Gasteiger partial charge in [0.15, 0.2) is 0 Å². The van der Waals surface area contributed by atoms with E-state index < -0.39 is 24.3 Å². The molecule has 4 atom stereocenters. The van der Waals surface area contributed by atoms with Crippen molar-refractivity contribution >= 4 is 11.9 Å². The van der Waals surface area contributed by atoms with Crippen LogP contribution in [0.3, 0.4) is 0 Å². The molecule has 6 rings (SSSR count). The molecule has 388 valence electrons. The van der Waals surface area contributed by atoms with E-state index in [1.165, 1.54) is 148 Å². The maximum atomic E-state index is 10.5. The first-order chi connectivity index (χ1) is 33.3. The number of aliphatic carboxylic acids is 2. The highest BCUT2D eigenvalue weighted by Gasteiger charge is 2.34. The van der Waals surface area contributed by atoms with Crippen LogP contribution in [0.5, 0.6) is 11.5 Å². The Morgan fingerprint density at radius 2 is 0.786 bits per heavy atom. The van der Waals surface area contributed by atoms with Gasteiger partial charge in [-0.2, -0.15) is 26.3 Å². The van der Waals surface area contributed by atoms with Crippen molar-refractivity contribution in [1.82, 2.24) is 0 Å². The van der Waals surface area contributed by atoms with Crippen molar-refractivity contribution in [2.75, 3.05) is 66.6 Å². The number of carboxylic acids is 2. The maximum Gasteiger partial charge on any atom is 0.430 e. The number of methoxy groups -OCH3 is 2. The number of carbonyl (C=O) groups is 2. The molecule has 4 N–H and O–H groups in total. The smallest absolute Gasteiger partial charge is 0.430 e. The number of ether oxygens (including phenoxy) is 2. The Kier molecular flexibility index (Phi) is 25.8. The summed E-state index contributed by atoms with van der Waals surface area (Å²) in [5, 5.41) is 17.6. The first-order valence-electron chi connectivity index (χ1n) is 24.4. The van der Waals surface area contributed by atoms with Crippen molar-refractivity contribution < 1.29 is 64.6 Å². The normalized spacial score (nSPS) is 20.0. The van der Waals surface area contributed by atoms with Crippen molar-refractivity contribution in [3.05, 3.63) is 131 Å². The summed E-state index contributed by atoms with van der Waals surface area (Å²) in [5.74, 6) is -4.14. The van der Waals surface area contributed by atoms with Crippen molar-refractivity contribution in [2.24, 2.45) is 11.5 Å². The van der Waals surface area contributed by atoms with Crippen LogP contribution in [0.1, 0.15) is 86.5 Å². The first kappa shape index (κ1) is 59.2. The van der Waals surface area contributed by atoms with E-state index in [-0.39, 0.29) is 0 Å². The molecule has 2 fully saturated rings. The van der Waals surface area contributed by atoms with E-state index in [2.05, 4.69) is 109 Å². The molecular formula is C54H74F6N4O6. The highest BCUT2D eigenvalue weighted by Crippen LogP contribution is 2.24. The number of aryl methyl sites for hydroxylation is 4. The zero-order valence-electron chi connectivity index (χ0n) is 40.9. The quantitative estimate of drug-likeness (QED) is 0.0518. The zero-order chi connectivity index (χ0) is 51.5. The van der Waals surface area contributed by atoms with E-state index in [0.29, 0.717) is 12.1 Å². The van der Waals surface area contributed by atoms with Crippen LogP contribution >= 0.6 is 0 Å². The summed E-state index contributed by atoms with van der Waals surface area (Å²) in [6.45, 7) is 10.0. The second-order valence-corrected chi connectivity index (χ2v) is 18.6. The fourth-order valence-electron chi connectivity index (χ4n) is 9.44. The number of alkyl halides is 6. The molecule has 0 saturated carbocycles. The van der Waals surface area contributed by atoms with Crippen LogP contribution in [0, 0.1) is 0 Å². The molecule has 4 aromatic rings. The molecule has 2 aliphatic heterocycles. The lowest BCUT2D eigenvalue weighted by Crippen LogP contribution is -2.58. The minimum absolute atomic E-state index is 0.379. The van der Waals surface area contributed by atoms with Gasteiger partial charge in [-0.15, -0.1) is 0 Å². The molecule has 0 spiro atoms. The lowest BCUT2D eigenvalue weighted by Gasteiger charge is -2.44. The van der Waals surface area contributed by atoms with Crippen LogP contribution in [0.25, 0.3) is 0 Å². The third kappa shape index (κ3) is 23.6. The highest BCUT2D eigenvalue weighted by atomic mass is 19.4. The average Bonchev–Trinajstić information content (AvgIpc) is 3.33. The Morgan fingerprint density at radius 3 is 1.07 bits per heavy atom. The van der Waals surface area contributed by atoms with Gasteiger partial charge in [-0.25, -0.2) is 0 Å². The van der Waals surface area contributed by atoms with Crippen LogP contribution in [0.4, 0.5) is 26.3 Å². The van der Waals surface area contributed by atoms with Gasteiger partial charge in [0.2, 0.25) is 0 Å². The molecule has 0 amide bonds. The number of halogens is 6. The SMILES string of the molecule is COc1ccc(CCC[N+]2(CCCCc3ccccc3)CCCC(N)C2)cc1.COc1ccc(CCC[N+]2(CCCCc3ccccc3)CCCC(N)C2)cc1.O=C([O-])C(F)(F)F.O=C([O-])C(F)(F)F. The Bertz CT molecular complexity index is 1900. The van der Waals surface area contributed by atoms with E-state index in [4.69, 9.17) is 40.7 Å². The third-order valence-corrected chi connectivity index (χ3v) is 13.0. The molecule has 4 aromatic carbocycles. The number of nitrogens with zero attached hydrogens (tertiary/aromatic N) is 2. The van der Waals surface area contributed by atoms with Gasteiger partial charge < -0.3 is 49.7 Å². The number of likely N-dealkylation sites (tertiary alicyclic amines) is 2. The average molecular weight is 989 g/mol. The number of quaternary nitrogens is 2. The molecule has 0 aliphatic carbocycles. The fraction of sp³-hybridized carbons (Fsp3) is 0.519. The minimum atomic E-state index is -5.19. The van der Waals surface area contributed by atoms with Gasteiger partial charge in [-0.1, -0.05) is 84.9 Å². The van der Waals surface area contributed by atoms with E-state index in [0.717, 1.165) is 37.4 Å². The molecule has 4 unspecified atom stereocenters. The van der Waals surface area contributed by atoms with E-state index in [1.54, 1.807) is 14.2 Å². The summed E-state index contributed by atoms with van der Waals surface area (Å²) in [4.78, 5) is 17.6. The molecular weight excluding hydrogens is 915 g/mol. The molecule has 2 heterocycles. The second-order valence-electron chi connectivity index (χ2n) is 18.6. The number of unbranched alkanes of at least 4 members (excludes halogenated alkanes) is 2. The lowest BCUT2D eigenvalue weighted by atomic mass is 10.00. The van der Waals surface area contributed by atoms with Crippen molar-refractivity contribution in [1.29, 1.82) is 0 Å². The Hall–Kier alpha value is -5.16. The molecule has 0 bridgehead atoms. The first-order valence-corrected chi connectivity index (χ1v) is 24.4. The zero-order valence-corrected chi connectivity index (χ0v) is 40.9. The van der Waals surface area contributed by atoms with Crippen LogP contribution in [0.2, 0.25) is 0 Å². The van der Waals surface area contributed by atoms with Gasteiger partial charge >= 0.3 is 12.4 Å². The minimum Gasteiger partial charge on any atom is -0.542 e. The number of hydrogen-bond acceptors (Lipinski definition) is 8. The summed E-state index contributed by atoms with van der Waals surface area (Å²) < 4.78 is 76.1. The number of carboxylic acid groups (broad SMARTS) is 2. The predicted octanol–water partition coefficient (Wildman–Crippen LogP) is 7.77. The van der Waals surface area contributed by atoms with Gasteiger partial charge in [0.1, 0.15) is 23.4 Å². The fourth-order valence-corrected chi connectivity index (χ4v) is 9.44. The van der Waals surface area contributed by atoms with Gasteiger partial charge in [0.05, 0.1) is 78.7 Å². The van der Waals surface area contributed by atoms with Crippen molar-refractivity contribution in [2.45, 2.75) is 114 Å². The van der Waals surface area contributed by atoms with E-state index in [1.807, 2.05) is 0 Å². The van der Waals surface area contributed by atoms with Gasteiger partial charge in [-0.3, -0.25) is 0 Å². The number of rotatable bonds is 20. The molecule has 2 saturated heterocycles.